The van der Waals surface area contributed by atoms with Crippen molar-refractivity contribution >= 4 is 23.7 Å². The summed E-state index contributed by atoms with van der Waals surface area (Å²) in [6.07, 6.45) is 1.56. The number of aryl methyl sites for hydroxylation is 1. The zero-order valence-corrected chi connectivity index (χ0v) is 17.0. The van der Waals surface area contributed by atoms with Gasteiger partial charge >= 0.3 is 5.97 Å². The van der Waals surface area contributed by atoms with E-state index in [1.165, 1.54) is 24.6 Å². The number of carbonyl (C=O) groups is 4. The Labute approximate surface area is 175 Å². The third-order valence-corrected chi connectivity index (χ3v) is 5.02. The lowest BCUT2D eigenvalue weighted by atomic mass is 10.1. The summed E-state index contributed by atoms with van der Waals surface area (Å²) >= 11 is 0. The number of hydrogen-bond donors (Lipinski definition) is 1. The van der Waals surface area contributed by atoms with Crippen LogP contribution in [0.5, 0.6) is 0 Å². The Balaban J connectivity index is 1.46. The molecule has 0 aromatic heterocycles. The van der Waals surface area contributed by atoms with E-state index >= 15 is 0 Å². The van der Waals surface area contributed by atoms with Crippen molar-refractivity contribution in [2.45, 2.75) is 38.8 Å². The highest BCUT2D eigenvalue weighted by Crippen LogP contribution is 2.24. The number of ether oxygens (including phenoxy) is 1. The van der Waals surface area contributed by atoms with Crippen molar-refractivity contribution < 1.29 is 23.9 Å². The fraction of sp³-hybridized carbons (Fsp3) is 0.304. The average molecular weight is 408 g/mol. The highest BCUT2D eigenvalue weighted by atomic mass is 16.5. The van der Waals surface area contributed by atoms with E-state index in [4.69, 9.17) is 4.74 Å². The molecule has 7 heteroatoms. The van der Waals surface area contributed by atoms with Crippen LogP contribution < -0.4 is 5.32 Å². The summed E-state index contributed by atoms with van der Waals surface area (Å²) < 4.78 is 5.04. The van der Waals surface area contributed by atoms with E-state index in [2.05, 4.69) is 5.32 Å². The maximum Gasteiger partial charge on any atom is 0.329 e. The molecule has 1 aliphatic heterocycles. The zero-order valence-electron chi connectivity index (χ0n) is 17.0. The van der Waals surface area contributed by atoms with Gasteiger partial charge in [-0.2, -0.15) is 0 Å². The van der Waals surface area contributed by atoms with E-state index < -0.39 is 36.3 Å². The van der Waals surface area contributed by atoms with Crippen molar-refractivity contribution in [3.05, 3.63) is 71.3 Å². The van der Waals surface area contributed by atoms with Crippen molar-refractivity contribution in [3.63, 3.8) is 0 Å². The van der Waals surface area contributed by atoms with Crippen LogP contribution in [0.4, 0.5) is 0 Å². The van der Waals surface area contributed by atoms with Gasteiger partial charge in [-0.3, -0.25) is 19.3 Å². The standard InChI is InChI=1S/C23H24N2O5/c1-15(12-13-17-8-4-3-5-9-17)24-20(26)14-30-23(29)16(2)25-21(27)18-10-6-7-11-19(18)22(25)28/h3-11,15-16H,12-14H2,1-2H3,(H,24,26)/t15-,16-/m0/s1. The van der Waals surface area contributed by atoms with Crippen molar-refractivity contribution in [2.24, 2.45) is 0 Å². The smallest absolute Gasteiger partial charge is 0.329 e. The minimum Gasteiger partial charge on any atom is -0.454 e. The highest BCUT2D eigenvalue weighted by molar-refractivity contribution is 6.22. The van der Waals surface area contributed by atoms with Crippen LogP contribution in [0.25, 0.3) is 0 Å². The number of nitrogens with zero attached hydrogens (tertiary/aromatic N) is 1. The van der Waals surface area contributed by atoms with E-state index in [0.717, 1.165) is 17.7 Å². The molecule has 0 unspecified atom stereocenters. The van der Waals surface area contributed by atoms with E-state index in [0.29, 0.717) is 0 Å². The number of nitrogens with one attached hydrogen (secondary N) is 1. The predicted octanol–water partition coefficient (Wildman–Crippen LogP) is 2.35. The molecule has 2 aromatic carbocycles. The molecule has 1 heterocycles. The summed E-state index contributed by atoms with van der Waals surface area (Å²) in [6, 6.07) is 15.1. The fourth-order valence-corrected chi connectivity index (χ4v) is 3.34. The van der Waals surface area contributed by atoms with Crippen LogP contribution in [0.3, 0.4) is 0 Å². The third-order valence-electron chi connectivity index (χ3n) is 5.02. The molecular weight excluding hydrogens is 384 g/mol. The minimum absolute atomic E-state index is 0.0925. The van der Waals surface area contributed by atoms with E-state index in [1.807, 2.05) is 37.3 Å². The van der Waals surface area contributed by atoms with Crippen LogP contribution in [0, 0.1) is 0 Å². The van der Waals surface area contributed by atoms with Crippen molar-refractivity contribution in [3.8, 4) is 0 Å². The molecule has 3 amide bonds. The fourth-order valence-electron chi connectivity index (χ4n) is 3.34. The van der Waals surface area contributed by atoms with E-state index in [9.17, 15) is 19.2 Å². The van der Waals surface area contributed by atoms with Gasteiger partial charge in [-0.1, -0.05) is 42.5 Å². The first-order valence-corrected chi connectivity index (χ1v) is 9.85. The molecule has 7 nitrogen and oxygen atoms in total. The lowest BCUT2D eigenvalue weighted by Gasteiger charge is -2.21. The molecule has 156 valence electrons. The molecule has 1 aliphatic rings. The van der Waals surface area contributed by atoms with Gasteiger partial charge in [-0.25, -0.2) is 4.79 Å². The van der Waals surface area contributed by atoms with Gasteiger partial charge in [0.15, 0.2) is 6.61 Å². The molecule has 3 rings (SSSR count). The van der Waals surface area contributed by atoms with Gasteiger partial charge < -0.3 is 10.1 Å². The number of rotatable bonds is 8. The number of esters is 1. The second kappa shape index (κ2) is 9.35. The molecule has 0 saturated heterocycles. The SMILES string of the molecule is C[C@@H](CCc1ccccc1)NC(=O)COC(=O)[C@H](C)N1C(=O)c2ccccc2C1=O. The highest BCUT2D eigenvalue weighted by Gasteiger charge is 2.41. The Morgan fingerprint density at radius 2 is 1.50 bits per heavy atom. The second-order valence-electron chi connectivity index (χ2n) is 7.30. The van der Waals surface area contributed by atoms with Gasteiger partial charge in [0.05, 0.1) is 11.1 Å². The molecule has 30 heavy (non-hydrogen) atoms. The summed E-state index contributed by atoms with van der Waals surface area (Å²) in [5.41, 5.74) is 1.69. The monoisotopic (exact) mass is 408 g/mol. The van der Waals surface area contributed by atoms with Crippen molar-refractivity contribution in [1.82, 2.24) is 10.2 Å². The van der Waals surface area contributed by atoms with Gasteiger partial charge in [0.25, 0.3) is 17.7 Å². The van der Waals surface area contributed by atoms with E-state index in [-0.39, 0.29) is 17.2 Å². The Bertz CT molecular complexity index is 922. The van der Waals surface area contributed by atoms with Gasteiger partial charge in [0, 0.05) is 6.04 Å². The summed E-state index contributed by atoms with van der Waals surface area (Å²) in [5, 5.41) is 2.78. The first-order chi connectivity index (χ1) is 14.4. The average Bonchev–Trinajstić information content (AvgIpc) is 3.01. The van der Waals surface area contributed by atoms with Gasteiger partial charge in [0.1, 0.15) is 6.04 Å². The molecule has 2 atom stereocenters. The molecule has 0 spiro atoms. The van der Waals surface area contributed by atoms with Gasteiger partial charge in [0.2, 0.25) is 0 Å². The van der Waals surface area contributed by atoms with Crippen molar-refractivity contribution in [2.75, 3.05) is 6.61 Å². The first kappa shape index (κ1) is 21.2. The number of hydrogen-bond acceptors (Lipinski definition) is 5. The van der Waals surface area contributed by atoms with Crippen LogP contribution in [0.2, 0.25) is 0 Å². The maximum absolute atomic E-state index is 12.4. The van der Waals surface area contributed by atoms with Crippen molar-refractivity contribution in [1.29, 1.82) is 0 Å². The Kier molecular flexibility index (Phi) is 6.61. The second-order valence-corrected chi connectivity index (χ2v) is 7.30. The summed E-state index contributed by atoms with van der Waals surface area (Å²) in [5.74, 6) is -2.33. The number of amides is 3. The third kappa shape index (κ3) is 4.74. The Morgan fingerprint density at radius 1 is 0.933 bits per heavy atom. The van der Waals surface area contributed by atoms with Crippen LogP contribution in [-0.4, -0.2) is 47.3 Å². The normalized spacial score (nSPS) is 14.8. The van der Waals surface area contributed by atoms with Gasteiger partial charge in [-0.15, -0.1) is 0 Å². The predicted molar refractivity (Wildman–Crippen MR) is 110 cm³/mol. The lowest BCUT2D eigenvalue weighted by Crippen LogP contribution is -2.45. The summed E-state index contributed by atoms with van der Waals surface area (Å²) in [6.45, 7) is 2.82. The van der Waals surface area contributed by atoms with Crippen LogP contribution in [0.1, 0.15) is 46.5 Å². The number of imide groups is 1. The molecule has 0 bridgehead atoms. The van der Waals surface area contributed by atoms with Crippen LogP contribution in [0.15, 0.2) is 54.6 Å². The molecule has 1 N–H and O–H groups in total. The molecular formula is C23H24N2O5. The van der Waals surface area contributed by atoms with Crippen LogP contribution >= 0.6 is 0 Å². The zero-order chi connectivity index (χ0) is 21.7. The Hall–Kier alpha value is -3.48. The topological polar surface area (TPSA) is 92.8 Å². The lowest BCUT2D eigenvalue weighted by molar-refractivity contribution is -0.152. The molecule has 0 radical (unpaired) electrons. The van der Waals surface area contributed by atoms with Gasteiger partial charge in [-0.05, 0) is 44.4 Å². The molecule has 0 saturated carbocycles. The molecule has 0 fully saturated rings. The quantitative estimate of drug-likeness (QED) is 0.535. The largest absolute Gasteiger partial charge is 0.454 e. The number of carbonyl (C=O) groups excluding carboxylic acids is 4. The maximum atomic E-state index is 12.4. The Morgan fingerprint density at radius 3 is 2.10 bits per heavy atom. The molecule has 2 aromatic rings. The summed E-state index contributed by atoms with van der Waals surface area (Å²) in [7, 11) is 0. The molecule has 0 aliphatic carbocycles. The van der Waals surface area contributed by atoms with Crippen LogP contribution in [-0.2, 0) is 20.7 Å². The van der Waals surface area contributed by atoms with E-state index in [1.54, 1.807) is 12.1 Å². The number of fused-ring (bicyclic) bond motifs is 1. The first-order valence-electron chi connectivity index (χ1n) is 9.85. The minimum atomic E-state index is -1.12. The number of benzene rings is 2. The summed E-state index contributed by atoms with van der Waals surface area (Å²) in [4.78, 5) is 50.2.